The Morgan fingerprint density at radius 3 is 2.92 bits per heavy atom. The summed E-state index contributed by atoms with van der Waals surface area (Å²) in [5.74, 6) is -0.115. The number of ether oxygens (including phenoxy) is 1. The van der Waals surface area contributed by atoms with Gasteiger partial charge in [0.2, 0.25) is 5.91 Å². The van der Waals surface area contributed by atoms with Crippen molar-refractivity contribution in [3.05, 3.63) is 36.2 Å². The third-order valence-corrected chi connectivity index (χ3v) is 3.95. The summed E-state index contributed by atoms with van der Waals surface area (Å²) in [5.41, 5.74) is 0.854. The molecule has 2 N–H and O–H groups in total. The fourth-order valence-corrected chi connectivity index (χ4v) is 2.74. The van der Waals surface area contributed by atoms with Crippen LogP contribution in [0.5, 0.6) is 0 Å². The van der Waals surface area contributed by atoms with E-state index in [0.717, 1.165) is 5.56 Å². The van der Waals surface area contributed by atoms with Gasteiger partial charge in [-0.3, -0.25) is 9.78 Å². The van der Waals surface area contributed by atoms with Gasteiger partial charge in [-0.1, -0.05) is 19.9 Å². The number of pyridine rings is 1. The summed E-state index contributed by atoms with van der Waals surface area (Å²) in [6.45, 7) is 5.48. The second-order valence-corrected chi connectivity index (χ2v) is 6.61. The number of aromatic nitrogens is 1. The maximum absolute atomic E-state index is 12.5. The molecule has 1 aliphatic heterocycles. The lowest BCUT2D eigenvalue weighted by Gasteiger charge is -2.35. The quantitative estimate of drug-likeness (QED) is 0.757. The van der Waals surface area contributed by atoms with Crippen molar-refractivity contribution in [2.24, 2.45) is 11.8 Å². The molecule has 0 aromatic carbocycles. The average Bonchev–Trinajstić information content (AvgIpc) is 2.56. The normalized spacial score (nSPS) is 24.5. The minimum atomic E-state index is -0.898. The van der Waals surface area contributed by atoms with Gasteiger partial charge in [0.25, 0.3) is 0 Å². The lowest BCUT2D eigenvalue weighted by atomic mass is 9.95. The number of hydrogen-bond donors (Lipinski definition) is 2. The zero-order valence-electron chi connectivity index (χ0n) is 14.2. The molecule has 0 bridgehead atoms. The molecule has 0 aliphatic carbocycles. The van der Waals surface area contributed by atoms with Crippen molar-refractivity contribution in [2.75, 3.05) is 26.3 Å². The summed E-state index contributed by atoms with van der Waals surface area (Å²) in [7, 11) is 0. The summed E-state index contributed by atoms with van der Waals surface area (Å²) in [4.78, 5) is 18.3. The fourth-order valence-electron chi connectivity index (χ4n) is 2.74. The maximum Gasteiger partial charge on any atom is 0.246 e. The third kappa shape index (κ3) is 5.40. The zero-order valence-corrected chi connectivity index (χ0v) is 14.2. The first-order valence-electron chi connectivity index (χ1n) is 8.28. The molecule has 1 amide bonds. The predicted molar refractivity (Wildman–Crippen MR) is 91.0 cm³/mol. The van der Waals surface area contributed by atoms with E-state index in [-0.39, 0.29) is 18.4 Å². The van der Waals surface area contributed by atoms with Gasteiger partial charge in [0, 0.05) is 37.5 Å². The molecule has 1 aromatic heterocycles. The molecular weight excluding hydrogens is 308 g/mol. The largest absolute Gasteiger partial charge is 0.390 e. The second kappa shape index (κ2) is 8.92. The van der Waals surface area contributed by atoms with Crippen LogP contribution in [-0.4, -0.2) is 64.5 Å². The topological polar surface area (TPSA) is 82.9 Å². The molecule has 2 heterocycles. The van der Waals surface area contributed by atoms with Crippen molar-refractivity contribution in [3.8, 4) is 0 Å². The molecule has 24 heavy (non-hydrogen) atoms. The number of nitrogens with zero attached hydrogens (tertiary/aromatic N) is 2. The molecule has 6 heteroatoms. The number of hydrogen-bond acceptors (Lipinski definition) is 5. The molecular formula is C18H26N2O4. The maximum atomic E-state index is 12.5. The van der Waals surface area contributed by atoms with Crippen LogP contribution in [0.25, 0.3) is 6.08 Å². The Balaban J connectivity index is 2.04. The molecule has 0 saturated carbocycles. The number of amides is 1. The van der Waals surface area contributed by atoms with Crippen LogP contribution in [0.4, 0.5) is 0 Å². The number of carbonyl (C=O) groups is 1. The summed E-state index contributed by atoms with van der Waals surface area (Å²) in [6.07, 6.45) is 4.84. The molecule has 132 valence electrons. The average molecular weight is 334 g/mol. The van der Waals surface area contributed by atoms with E-state index in [1.54, 1.807) is 23.4 Å². The molecule has 6 nitrogen and oxygen atoms in total. The molecule has 1 fully saturated rings. The Bertz CT molecular complexity index is 547. The highest BCUT2D eigenvalue weighted by molar-refractivity contribution is 5.91. The van der Waals surface area contributed by atoms with Gasteiger partial charge >= 0.3 is 0 Å². The van der Waals surface area contributed by atoms with E-state index in [2.05, 4.69) is 4.98 Å². The smallest absolute Gasteiger partial charge is 0.246 e. The van der Waals surface area contributed by atoms with Crippen molar-refractivity contribution >= 4 is 12.0 Å². The molecule has 2 rings (SSSR count). The van der Waals surface area contributed by atoms with Crippen LogP contribution in [0, 0.1) is 11.8 Å². The van der Waals surface area contributed by atoms with Crippen molar-refractivity contribution < 1.29 is 19.7 Å². The summed E-state index contributed by atoms with van der Waals surface area (Å²) in [6, 6.07) is 3.69. The SMILES string of the molecule is CC(C)CN(C[C@@H]1COC[C@@H](O)[C@H]1O)C(=O)C=Cc1cccnc1. The van der Waals surface area contributed by atoms with Gasteiger partial charge in [0.15, 0.2) is 0 Å². The number of aliphatic hydroxyl groups is 2. The molecule has 3 atom stereocenters. The van der Waals surface area contributed by atoms with Crippen molar-refractivity contribution in [3.63, 3.8) is 0 Å². The van der Waals surface area contributed by atoms with E-state index < -0.39 is 12.2 Å². The van der Waals surface area contributed by atoms with Gasteiger partial charge < -0.3 is 19.8 Å². The highest BCUT2D eigenvalue weighted by Gasteiger charge is 2.33. The highest BCUT2D eigenvalue weighted by Crippen LogP contribution is 2.18. The van der Waals surface area contributed by atoms with Crippen LogP contribution in [0.1, 0.15) is 19.4 Å². The van der Waals surface area contributed by atoms with Crippen LogP contribution < -0.4 is 0 Å². The van der Waals surface area contributed by atoms with Gasteiger partial charge in [-0.15, -0.1) is 0 Å². The Morgan fingerprint density at radius 2 is 2.25 bits per heavy atom. The van der Waals surface area contributed by atoms with E-state index in [1.807, 2.05) is 26.0 Å². The molecule has 0 unspecified atom stereocenters. The Labute approximate surface area is 142 Å². The Morgan fingerprint density at radius 1 is 1.46 bits per heavy atom. The third-order valence-electron chi connectivity index (χ3n) is 3.95. The van der Waals surface area contributed by atoms with E-state index in [1.165, 1.54) is 6.08 Å². The number of aliphatic hydroxyl groups excluding tert-OH is 2. The monoisotopic (exact) mass is 334 g/mol. The predicted octanol–water partition coefficient (Wildman–Crippen LogP) is 0.948. The van der Waals surface area contributed by atoms with Gasteiger partial charge in [0.05, 0.1) is 19.3 Å². The molecule has 1 aromatic rings. The zero-order chi connectivity index (χ0) is 17.5. The summed E-state index contributed by atoms with van der Waals surface area (Å²) < 4.78 is 5.31. The van der Waals surface area contributed by atoms with E-state index in [0.29, 0.717) is 25.6 Å². The molecule has 0 radical (unpaired) electrons. The van der Waals surface area contributed by atoms with Crippen LogP contribution in [0.2, 0.25) is 0 Å². The fraction of sp³-hybridized carbons (Fsp3) is 0.556. The van der Waals surface area contributed by atoms with Gasteiger partial charge in [-0.2, -0.15) is 0 Å². The van der Waals surface area contributed by atoms with Gasteiger partial charge in [-0.25, -0.2) is 0 Å². The first-order chi connectivity index (χ1) is 11.5. The van der Waals surface area contributed by atoms with Crippen LogP contribution >= 0.6 is 0 Å². The number of rotatable bonds is 6. The van der Waals surface area contributed by atoms with E-state index in [4.69, 9.17) is 4.74 Å². The van der Waals surface area contributed by atoms with Gasteiger partial charge in [0.1, 0.15) is 6.10 Å². The minimum Gasteiger partial charge on any atom is -0.390 e. The summed E-state index contributed by atoms with van der Waals surface area (Å²) in [5, 5.41) is 19.9. The van der Waals surface area contributed by atoms with Crippen LogP contribution in [-0.2, 0) is 9.53 Å². The second-order valence-electron chi connectivity index (χ2n) is 6.61. The van der Waals surface area contributed by atoms with E-state index >= 15 is 0 Å². The van der Waals surface area contributed by atoms with Crippen molar-refractivity contribution in [2.45, 2.75) is 26.1 Å². The van der Waals surface area contributed by atoms with Crippen molar-refractivity contribution in [1.82, 2.24) is 9.88 Å². The first kappa shape index (κ1) is 18.6. The summed E-state index contributed by atoms with van der Waals surface area (Å²) >= 11 is 0. The molecule has 0 spiro atoms. The van der Waals surface area contributed by atoms with Crippen LogP contribution in [0.3, 0.4) is 0 Å². The Kier molecular flexibility index (Phi) is 6.90. The van der Waals surface area contributed by atoms with Crippen molar-refractivity contribution in [1.29, 1.82) is 0 Å². The molecule has 1 saturated heterocycles. The number of carbonyl (C=O) groups excluding carboxylic acids is 1. The van der Waals surface area contributed by atoms with Crippen LogP contribution in [0.15, 0.2) is 30.6 Å². The van der Waals surface area contributed by atoms with Gasteiger partial charge in [-0.05, 0) is 23.6 Å². The highest BCUT2D eigenvalue weighted by atomic mass is 16.5. The lowest BCUT2D eigenvalue weighted by molar-refractivity contribution is -0.139. The molecule has 1 aliphatic rings. The minimum absolute atomic E-state index is 0.125. The lowest BCUT2D eigenvalue weighted by Crippen LogP contribution is -2.50. The first-order valence-corrected chi connectivity index (χ1v) is 8.28. The standard InChI is InChI=1S/C18H26N2O4/c1-13(2)9-20(10-15-11-24-12-16(21)18(15)23)17(22)6-5-14-4-3-7-19-8-14/h3-8,13,15-16,18,21,23H,9-12H2,1-2H3/t15-,16-,18+/m1/s1. The van der Waals surface area contributed by atoms with E-state index in [9.17, 15) is 15.0 Å². The Hall–Kier alpha value is -1.76.